The van der Waals surface area contributed by atoms with Gasteiger partial charge in [0, 0.05) is 11.1 Å². The van der Waals surface area contributed by atoms with E-state index in [1.807, 2.05) is 0 Å². The van der Waals surface area contributed by atoms with Crippen LogP contribution in [0.1, 0.15) is 29.8 Å². The SMILES string of the molecule is CC(C)(N)c1cc(F)ccc1C=O. The lowest BCUT2D eigenvalue weighted by molar-refractivity contribution is 0.112. The molecule has 0 aliphatic rings. The van der Waals surface area contributed by atoms with Gasteiger partial charge in [-0.1, -0.05) is 0 Å². The van der Waals surface area contributed by atoms with Crippen LogP contribution in [0.2, 0.25) is 0 Å². The molecule has 0 unspecified atom stereocenters. The van der Waals surface area contributed by atoms with Gasteiger partial charge in [-0.05, 0) is 37.6 Å². The van der Waals surface area contributed by atoms with Gasteiger partial charge in [-0.3, -0.25) is 4.79 Å². The first-order valence-corrected chi connectivity index (χ1v) is 3.99. The zero-order valence-corrected chi connectivity index (χ0v) is 7.67. The van der Waals surface area contributed by atoms with Crippen LogP contribution in [-0.4, -0.2) is 6.29 Å². The largest absolute Gasteiger partial charge is 0.322 e. The molecule has 0 heterocycles. The molecule has 3 heteroatoms. The second-order valence-corrected chi connectivity index (χ2v) is 3.57. The second kappa shape index (κ2) is 3.26. The molecule has 0 radical (unpaired) electrons. The third-order valence-corrected chi connectivity index (χ3v) is 1.84. The minimum atomic E-state index is -0.696. The van der Waals surface area contributed by atoms with Crippen molar-refractivity contribution in [1.82, 2.24) is 0 Å². The van der Waals surface area contributed by atoms with Gasteiger partial charge < -0.3 is 5.73 Å². The average Bonchev–Trinajstić information content (AvgIpc) is 2.03. The van der Waals surface area contributed by atoms with E-state index in [2.05, 4.69) is 0 Å². The summed E-state index contributed by atoms with van der Waals surface area (Å²) in [5, 5.41) is 0. The summed E-state index contributed by atoms with van der Waals surface area (Å²) >= 11 is 0. The smallest absolute Gasteiger partial charge is 0.150 e. The molecule has 0 aromatic heterocycles. The molecule has 1 rings (SSSR count). The molecule has 0 aliphatic carbocycles. The van der Waals surface area contributed by atoms with Gasteiger partial charge >= 0.3 is 0 Å². The number of carbonyl (C=O) groups is 1. The summed E-state index contributed by atoms with van der Waals surface area (Å²) in [5.41, 5.74) is 6.05. The number of aldehydes is 1. The molecular weight excluding hydrogens is 169 g/mol. The van der Waals surface area contributed by atoms with E-state index in [-0.39, 0.29) is 5.82 Å². The van der Waals surface area contributed by atoms with Gasteiger partial charge in [-0.2, -0.15) is 0 Å². The highest BCUT2D eigenvalue weighted by molar-refractivity contribution is 5.77. The van der Waals surface area contributed by atoms with E-state index in [1.165, 1.54) is 18.2 Å². The van der Waals surface area contributed by atoms with E-state index in [9.17, 15) is 9.18 Å². The third kappa shape index (κ3) is 2.12. The molecule has 0 bridgehead atoms. The summed E-state index contributed by atoms with van der Waals surface area (Å²) in [7, 11) is 0. The Morgan fingerprint density at radius 3 is 2.54 bits per heavy atom. The van der Waals surface area contributed by atoms with Gasteiger partial charge in [0.15, 0.2) is 0 Å². The molecule has 2 N–H and O–H groups in total. The van der Waals surface area contributed by atoms with Crippen molar-refractivity contribution in [2.75, 3.05) is 0 Å². The number of hydrogen-bond acceptors (Lipinski definition) is 2. The normalized spacial score (nSPS) is 11.4. The van der Waals surface area contributed by atoms with E-state index < -0.39 is 5.54 Å². The van der Waals surface area contributed by atoms with Crippen molar-refractivity contribution in [1.29, 1.82) is 0 Å². The summed E-state index contributed by atoms with van der Waals surface area (Å²) in [6.45, 7) is 3.46. The molecular formula is C10H12FNO. The van der Waals surface area contributed by atoms with Crippen molar-refractivity contribution in [3.8, 4) is 0 Å². The summed E-state index contributed by atoms with van der Waals surface area (Å²) in [6, 6.07) is 3.98. The maximum Gasteiger partial charge on any atom is 0.150 e. The highest BCUT2D eigenvalue weighted by atomic mass is 19.1. The van der Waals surface area contributed by atoms with E-state index in [1.54, 1.807) is 13.8 Å². The predicted molar refractivity (Wildman–Crippen MR) is 49.0 cm³/mol. The van der Waals surface area contributed by atoms with Crippen LogP contribution in [0.4, 0.5) is 4.39 Å². The maximum absolute atomic E-state index is 12.8. The van der Waals surface area contributed by atoms with Crippen LogP contribution < -0.4 is 5.73 Å². The Labute approximate surface area is 76.6 Å². The second-order valence-electron chi connectivity index (χ2n) is 3.57. The first-order chi connectivity index (χ1) is 5.95. The summed E-state index contributed by atoms with van der Waals surface area (Å²) < 4.78 is 12.8. The Morgan fingerprint density at radius 2 is 2.08 bits per heavy atom. The molecule has 2 nitrogen and oxygen atoms in total. The maximum atomic E-state index is 12.8. The predicted octanol–water partition coefficient (Wildman–Crippen LogP) is 1.83. The van der Waals surface area contributed by atoms with Crippen molar-refractivity contribution in [3.05, 3.63) is 35.1 Å². The first kappa shape index (κ1) is 9.86. The van der Waals surface area contributed by atoms with Crippen molar-refractivity contribution >= 4 is 6.29 Å². The van der Waals surface area contributed by atoms with E-state index in [4.69, 9.17) is 5.73 Å². The molecule has 1 aromatic carbocycles. The topological polar surface area (TPSA) is 43.1 Å². The van der Waals surface area contributed by atoms with Crippen LogP contribution in [0.3, 0.4) is 0 Å². The zero-order valence-electron chi connectivity index (χ0n) is 7.67. The fraction of sp³-hybridized carbons (Fsp3) is 0.300. The monoisotopic (exact) mass is 181 g/mol. The highest BCUT2D eigenvalue weighted by Crippen LogP contribution is 2.21. The quantitative estimate of drug-likeness (QED) is 0.707. The minimum absolute atomic E-state index is 0.376. The molecule has 13 heavy (non-hydrogen) atoms. The summed E-state index contributed by atoms with van der Waals surface area (Å²) in [4.78, 5) is 10.6. The highest BCUT2D eigenvalue weighted by Gasteiger charge is 2.18. The van der Waals surface area contributed by atoms with Crippen molar-refractivity contribution in [3.63, 3.8) is 0 Å². The van der Waals surface area contributed by atoms with Crippen molar-refractivity contribution < 1.29 is 9.18 Å². The summed E-state index contributed by atoms with van der Waals surface area (Å²) in [5.74, 6) is -0.376. The molecule has 0 spiro atoms. The first-order valence-electron chi connectivity index (χ1n) is 3.99. The van der Waals surface area contributed by atoms with Gasteiger partial charge in [0.2, 0.25) is 0 Å². The van der Waals surface area contributed by atoms with Crippen LogP contribution in [0.5, 0.6) is 0 Å². The van der Waals surface area contributed by atoms with Crippen molar-refractivity contribution in [2.24, 2.45) is 5.73 Å². The number of carbonyl (C=O) groups excluding carboxylic acids is 1. The standard InChI is InChI=1S/C10H12FNO/c1-10(2,12)9-5-8(11)4-3-7(9)6-13/h3-6H,12H2,1-2H3. The molecule has 0 amide bonds. The number of hydrogen-bond donors (Lipinski definition) is 1. The fourth-order valence-electron chi connectivity index (χ4n) is 1.19. The van der Waals surface area contributed by atoms with Gasteiger partial charge in [0.1, 0.15) is 12.1 Å². The van der Waals surface area contributed by atoms with E-state index in [0.717, 1.165) is 0 Å². The van der Waals surface area contributed by atoms with Crippen LogP contribution in [0, 0.1) is 5.82 Å². The Bertz CT molecular complexity index is 328. The van der Waals surface area contributed by atoms with Gasteiger partial charge in [-0.25, -0.2) is 4.39 Å². The third-order valence-electron chi connectivity index (χ3n) is 1.84. The van der Waals surface area contributed by atoms with Crippen LogP contribution >= 0.6 is 0 Å². The Balaban J connectivity index is 3.32. The number of halogens is 1. The molecule has 0 saturated carbocycles. The molecule has 0 aliphatic heterocycles. The number of benzene rings is 1. The lowest BCUT2D eigenvalue weighted by atomic mass is 9.91. The Kier molecular flexibility index (Phi) is 2.48. The number of rotatable bonds is 2. The van der Waals surface area contributed by atoms with E-state index in [0.29, 0.717) is 17.4 Å². The average molecular weight is 181 g/mol. The number of nitrogens with two attached hydrogens (primary N) is 1. The lowest BCUT2D eigenvalue weighted by Gasteiger charge is -2.20. The minimum Gasteiger partial charge on any atom is -0.322 e. The van der Waals surface area contributed by atoms with E-state index >= 15 is 0 Å². The molecule has 0 atom stereocenters. The van der Waals surface area contributed by atoms with Gasteiger partial charge in [0.05, 0.1) is 0 Å². The summed E-state index contributed by atoms with van der Waals surface area (Å²) in [6.07, 6.45) is 0.684. The lowest BCUT2D eigenvalue weighted by Crippen LogP contribution is -2.30. The van der Waals surface area contributed by atoms with Crippen LogP contribution in [0.25, 0.3) is 0 Å². The van der Waals surface area contributed by atoms with Gasteiger partial charge in [0.25, 0.3) is 0 Å². The Morgan fingerprint density at radius 1 is 1.46 bits per heavy atom. The molecule has 1 aromatic rings. The zero-order chi connectivity index (χ0) is 10.1. The van der Waals surface area contributed by atoms with Crippen molar-refractivity contribution in [2.45, 2.75) is 19.4 Å². The van der Waals surface area contributed by atoms with Crippen LogP contribution in [0.15, 0.2) is 18.2 Å². The molecule has 0 saturated heterocycles. The molecule has 70 valence electrons. The van der Waals surface area contributed by atoms with Gasteiger partial charge in [-0.15, -0.1) is 0 Å². The fourth-order valence-corrected chi connectivity index (χ4v) is 1.19. The Hall–Kier alpha value is -1.22. The molecule has 0 fully saturated rings. The van der Waals surface area contributed by atoms with Crippen LogP contribution in [-0.2, 0) is 5.54 Å².